The third kappa shape index (κ3) is 2.89. The molecule has 0 N–H and O–H groups in total. The van der Waals surface area contributed by atoms with E-state index >= 15 is 0 Å². The number of halogens is 1. The van der Waals surface area contributed by atoms with Gasteiger partial charge in [0.2, 0.25) is 0 Å². The van der Waals surface area contributed by atoms with Crippen LogP contribution in [0.5, 0.6) is 0 Å². The number of benzene rings is 1. The van der Waals surface area contributed by atoms with Gasteiger partial charge in [-0.1, -0.05) is 23.5 Å². The van der Waals surface area contributed by atoms with E-state index in [0.29, 0.717) is 0 Å². The number of aromatic nitrogens is 3. The van der Waals surface area contributed by atoms with Gasteiger partial charge in [0.25, 0.3) is 0 Å². The highest BCUT2D eigenvalue weighted by Gasteiger charge is 2.21. The average Bonchev–Trinajstić information content (AvgIpc) is 3.13. The first kappa shape index (κ1) is 15.5. The molecule has 1 aliphatic rings. The summed E-state index contributed by atoms with van der Waals surface area (Å²) < 4.78 is 16.0. The molecule has 0 atom stereocenters. The number of fused-ring (bicyclic) bond motifs is 1. The lowest BCUT2D eigenvalue weighted by molar-refractivity contribution is 0.250. The van der Waals surface area contributed by atoms with Crippen LogP contribution in [0.2, 0.25) is 0 Å². The van der Waals surface area contributed by atoms with Crippen molar-refractivity contribution in [2.75, 3.05) is 31.1 Å². The van der Waals surface area contributed by atoms with E-state index in [1.165, 1.54) is 16.8 Å². The summed E-state index contributed by atoms with van der Waals surface area (Å²) in [4.78, 5) is 9.52. The van der Waals surface area contributed by atoms with Crippen LogP contribution in [0.3, 0.4) is 0 Å². The van der Waals surface area contributed by atoms with Crippen molar-refractivity contribution in [1.29, 1.82) is 0 Å². The van der Waals surface area contributed by atoms with E-state index in [0.717, 1.165) is 54.8 Å². The predicted octanol–water partition coefficient (Wildman–Crippen LogP) is 2.80. The number of hydrogen-bond donors (Lipinski definition) is 0. The summed E-state index contributed by atoms with van der Waals surface area (Å²) >= 11 is 1.73. The van der Waals surface area contributed by atoms with E-state index < -0.39 is 0 Å². The van der Waals surface area contributed by atoms with Gasteiger partial charge in [0.05, 0.1) is 10.4 Å². The number of thiazole rings is 1. The lowest BCUT2D eigenvalue weighted by Crippen LogP contribution is -2.45. The van der Waals surface area contributed by atoms with Gasteiger partial charge < -0.3 is 4.90 Å². The third-order valence-corrected chi connectivity index (χ3v) is 5.71. The van der Waals surface area contributed by atoms with Crippen molar-refractivity contribution in [2.24, 2.45) is 7.05 Å². The Morgan fingerprint density at radius 1 is 1.12 bits per heavy atom. The summed E-state index contributed by atoms with van der Waals surface area (Å²) in [6.07, 6.45) is 0. The van der Waals surface area contributed by atoms with E-state index in [1.807, 2.05) is 30.8 Å². The molecule has 0 aliphatic carbocycles. The zero-order valence-corrected chi connectivity index (χ0v) is 14.7. The second kappa shape index (κ2) is 6.14. The fourth-order valence-corrected chi connectivity index (χ4v) is 4.24. The normalized spacial score (nSPS) is 16.2. The van der Waals surface area contributed by atoms with Gasteiger partial charge in [-0.05, 0) is 24.6 Å². The van der Waals surface area contributed by atoms with Crippen molar-refractivity contribution in [3.05, 3.63) is 41.3 Å². The standard InChI is InChI=1S/C17H20FN5S/c1-12-15-16(21(2)20-12)19-17(24-15)23-9-7-22(8-10-23)11-13-3-5-14(18)6-4-13/h3-6H,7-11H2,1-2H3. The Balaban J connectivity index is 1.41. The molecular formula is C17H20FN5S. The van der Waals surface area contributed by atoms with Gasteiger partial charge in [-0.25, -0.2) is 14.1 Å². The summed E-state index contributed by atoms with van der Waals surface area (Å²) in [5, 5.41) is 5.50. The van der Waals surface area contributed by atoms with Crippen molar-refractivity contribution in [3.63, 3.8) is 0 Å². The Hall–Kier alpha value is -1.99. The molecule has 0 unspecified atom stereocenters. The molecule has 0 spiro atoms. The molecule has 4 rings (SSSR count). The maximum atomic E-state index is 13.0. The minimum atomic E-state index is -0.177. The molecule has 3 heterocycles. The Morgan fingerprint density at radius 2 is 1.83 bits per heavy atom. The highest BCUT2D eigenvalue weighted by molar-refractivity contribution is 7.22. The highest BCUT2D eigenvalue weighted by atomic mass is 32.1. The fourth-order valence-electron chi connectivity index (χ4n) is 3.15. The first-order chi connectivity index (χ1) is 11.6. The van der Waals surface area contributed by atoms with E-state index in [-0.39, 0.29) is 5.82 Å². The summed E-state index contributed by atoms with van der Waals surface area (Å²) in [5.74, 6) is -0.177. The Bertz CT molecular complexity index is 811. The highest BCUT2D eigenvalue weighted by Crippen LogP contribution is 2.31. The third-order valence-electron chi connectivity index (χ3n) is 4.50. The van der Waals surface area contributed by atoms with Gasteiger partial charge in [0.1, 0.15) is 5.82 Å². The molecule has 2 aromatic heterocycles. The molecular weight excluding hydrogens is 325 g/mol. The Labute approximate surface area is 144 Å². The van der Waals surface area contributed by atoms with Crippen molar-refractivity contribution in [2.45, 2.75) is 13.5 Å². The van der Waals surface area contributed by atoms with Gasteiger partial charge >= 0.3 is 0 Å². The zero-order chi connectivity index (χ0) is 16.7. The van der Waals surface area contributed by atoms with Gasteiger partial charge in [0.15, 0.2) is 10.8 Å². The maximum Gasteiger partial charge on any atom is 0.188 e. The van der Waals surface area contributed by atoms with Crippen molar-refractivity contribution < 1.29 is 4.39 Å². The molecule has 0 bridgehead atoms. The molecule has 7 heteroatoms. The lowest BCUT2D eigenvalue weighted by Gasteiger charge is -2.34. The molecule has 3 aromatic rings. The first-order valence-corrected chi connectivity index (χ1v) is 8.94. The first-order valence-electron chi connectivity index (χ1n) is 8.12. The molecule has 126 valence electrons. The number of piperazine rings is 1. The topological polar surface area (TPSA) is 37.2 Å². The van der Waals surface area contributed by atoms with Crippen molar-refractivity contribution in [3.8, 4) is 0 Å². The van der Waals surface area contributed by atoms with Crippen LogP contribution in [-0.2, 0) is 13.6 Å². The summed E-state index contributed by atoms with van der Waals surface area (Å²) in [6.45, 7) is 6.82. The molecule has 24 heavy (non-hydrogen) atoms. The molecule has 1 aliphatic heterocycles. The number of aryl methyl sites for hydroxylation is 2. The number of rotatable bonds is 3. The van der Waals surface area contributed by atoms with E-state index in [9.17, 15) is 4.39 Å². The number of nitrogens with zero attached hydrogens (tertiary/aromatic N) is 5. The Morgan fingerprint density at radius 3 is 2.50 bits per heavy atom. The van der Waals surface area contributed by atoms with Crippen LogP contribution < -0.4 is 4.90 Å². The van der Waals surface area contributed by atoms with Gasteiger partial charge in [-0.3, -0.25) is 4.90 Å². The fraction of sp³-hybridized carbons (Fsp3) is 0.412. The quantitative estimate of drug-likeness (QED) is 0.731. The second-order valence-electron chi connectivity index (χ2n) is 6.25. The lowest BCUT2D eigenvalue weighted by atomic mass is 10.2. The predicted molar refractivity (Wildman–Crippen MR) is 95.0 cm³/mol. The monoisotopic (exact) mass is 345 g/mol. The van der Waals surface area contributed by atoms with E-state index in [1.54, 1.807) is 11.3 Å². The van der Waals surface area contributed by atoms with Crippen LogP contribution in [0.25, 0.3) is 10.3 Å². The van der Waals surface area contributed by atoms with Crippen LogP contribution in [0.1, 0.15) is 11.3 Å². The SMILES string of the molecule is Cc1nn(C)c2nc(N3CCN(Cc4ccc(F)cc4)CC3)sc12. The Kier molecular flexibility index (Phi) is 3.97. The molecule has 5 nitrogen and oxygen atoms in total. The molecule has 1 saturated heterocycles. The minimum absolute atomic E-state index is 0.177. The zero-order valence-electron chi connectivity index (χ0n) is 13.9. The maximum absolute atomic E-state index is 13.0. The largest absolute Gasteiger partial charge is 0.345 e. The van der Waals surface area contributed by atoms with E-state index in [2.05, 4.69) is 14.9 Å². The van der Waals surface area contributed by atoms with E-state index in [4.69, 9.17) is 4.98 Å². The number of hydrogen-bond acceptors (Lipinski definition) is 5. The van der Waals surface area contributed by atoms with Crippen LogP contribution in [0.4, 0.5) is 9.52 Å². The van der Waals surface area contributed by atoms with Gasteiger partial charge in [-0.15, -0.1) is 0 Å². The van der Waals surface area contributed by atoms with Gasteiger partial charge in [0, 0.05) is 39.8 Å². The smallest absolute Gasteiger partial charge is 0.188 e. The van der Waals surface area contributed by atoms with Crippen molar-refractivity contribution in [1.82, 2.24) is 19.7 Å². The molecule has 0 saturated carbocycles. The van der Waals surface area contributed by atoms with Crippen LogP contribution in [-0.4, -0.2) is 45.8 Å². The minimum Gasteiger partial charge on any atom is -0.345 e. The number of anilines is 1. The molecule has 0 amide bonds. The van der Waals surface area contributed by atoms with Crippen molar-refractivity contribution >= 4 is 26.8 Å². The van der Waals surface area contributed by atoms with Crippen LogP contribution in [0.15, 0.2) is 24.3 Å². The molecule has 0 radical (unpaired) electrons. The summed E-state index contributed by atoms with van der Waals surface area (Å²) in [7, 11) is 1.94. The second-order valence-corrected chi connectivity index (χ2v) is 7.23. The summed E-state index contributed by atoms with van der Waals surface area (Å²) in [5.41, 5.74) is 3.18. The summed E-state index contributed by atoms with van der Waals surface area (Å²) in [6, 6.07) is 6.79. The van der Waals surface area contributed by atoms with Crippen LogP contribution in [0, 0.1) is 12.7 Å². The van der Waals surface area contributed by atoms with Crippen LogP contribution >= 0.6 is 11.3 Å². The van der Waals surface area contributed by atoms with Gasteiger partial charge in [-0.2, -0.15) is 5.10 Å². The molecule has 1 fully saturated rings. The molecule has 1 aromatic carbocycles. The average molecular weight is 345 g/mol.